The Balaban J connectivity index is 0.00000225. The Kier molecular flexibility index (Phi) is 7.09. The minimum atomic E-state index is 0. The highest BCUT2D eigenvalue weighted by Crippen LogP contribution is 2.39. The van der Waals surface area contributed by atoms with Gasteiger partial charge in [-0.25, -0.2) is 0 Å². The van der Waals surface area contributed by atoms with Crippen molar-refractivity contribution < 1.29 is 4.74 Å². The lowest BCUT2D eigenvalue weighted by molar-refractivity contribution is 0.112. The molecule has 2 aromatic carbocycles. The van der Waals surface area contributed by atoms with Crippen LogP contribution in [0.25, 0.3) is 0 Å². The predicted molar refractivity (Wildman–Crippen MR) is 111 cm³/mol. The number of likely N-dealkylation sites (tertiary alicyclic amines) is 1. The van der Waals surface area contributed by atoms with Gasteiger partial charge in [0.15, 0.2) is 0 Å². The van der Waals surface area contributed by atoms with Crippen molar-refractivity contribution in [1.82, 2.24) is 4.90 Å². The highest BCUT2D eigenvalue weighted by Gasteiger charge is 2.37. The molecule has 1 aliphatic rings. The molecule has 25 heavy (non-hydrogen) atoms. The van der Waals surface area contributed by atoms with E-state index in [1.807, 2.05) is 0 Å². The molecule has 3 rings (SSSR count). The molecule has 136 valence electrons. The van der Waals surface area contributed by atoms with Gasteiger partial charge in [0.1, 0.15) is 5.75 Å². The van der Waals surface area contributed by atoms with Crippen LogP contribution in [0.5, 0.6) is 5.75 Å². The Morgan fingerprint density at radius 2 is 1.76 bits per heavy atom. The topological polar surface area (TPSA) is 12.5 Å². The van der Waals surface area contributed by atoms with E-state index < -0.39 is 0 Å². The highest BCUT2D eigenvalue weighted by molar-refractivity contribution is 8.93. The molecule has 0 spiro atoms. The fraction of sp³-hybridized carbons (Fsp3) is 0.455. The Morgan fingerprint density at radius 3 is 2.36 bits per heavy atom. The van der Waals surface area contributed by atoms with Gasteiger partial charge in [-0.1, -0.05) is 56.3 Å². The maximum Gasteiger partial charge on any atom is 0.118 e. The summed E-state index contributed by atoms with van der Waals surface area (Å²) >= 11 is 0. The van der Waals surface area contributed by atoms with Crippen molar-refractivity contribution in [3.05, 3.63) is 65.7 Å². The molecule has 0 saturated carbocycles. The first-order chi connectivity index (χ1) is 11.6. The van der Waals surface area contributed by atoms with Crippen LogP contribution in [-0.4, -0.2) is 31.6 Å². The van der Waals surface area contributed by atoms with Gasteiger partial charge >= 0.3 is 0 Å². The van der Waals surface area contributed by atoms with Gasteiger partial charge in [-0.3, -0.25) is 0 Å². The third-order valence-electron chi connectivity index (χ3n) is 5.88. The van der Waals surface area contributed by atoms with Gasteiger partial charge < -0.3 is 9.64 Å². The zero-order valence-corrected chi connectivity index (χ0v) is 17.3. The maximum atomic E-state index is 5.23. The Morgan fingerprint density at radius 1 is 1.08 bits per heavy atom. The molecular weight excluding hydrogens is 374 g/mol. The number of rotatable bonds is 5. The number of piperidine rings is 1. The highest BCUT2D eigenvalue weighted by atomic mass is 79.9. The molecule has 1 fully saturated rings. The largest absolute Gasteiger partial charge is 0.497 e. The zero-order chi connectivity index (χ0) is 17.0. The summed E-state index contributed by atoms with van der Waals surface area (Å²) in [5, 5.41) is 0. The van der Waals surface area contributed by atoms with Crippen LogP contribution in [0.2, 0.25) is 0 Å². The van der Waals surface area contributed by atoms with Gasteiger partial charge in [0.05, 0.1) is 7.11 Å². The van der Waals surface area contributed by atoms with Gasteiger partial charge in [0, 0.05) is 13.1 Å². The molecule has 0 unspecified atom stereocenters. The van der Waals surface area contributed by atoms with E-state index in [9.17, 15) is 0 Å². The van der Waals surface area contributed by atoms with E-state index in [2.05, 4.69) is 73.3 Å². The summed E-state index contributed by atoms with van der Waals surface area (Å²) in [4.78, 5) is 2.62. The molecular formula is C22H30BrNO. The second-order valence-corrected chi connectivity index (χ2v) is 7.33. The number of ether oxygens (including phenoxy) is 1. The van der Waals surface area contributed by atoms with E-state index in [0.29, 0.717) is 11.3 Å². The van der Waals surface area contributed by atoms with E-state index in [4.69, 9.17) is 4.74 Å². The molecule has 2 nitrogen and oxygen atoms in total. The normalized spacial score (nSPS) is 23.7. The van der Waals surface area contributed by atoms with Crippen molar-refractivity contribution in [2.45, 2.75) is 32.1 Å². The number of nitrogens with zero attached hydrogens (tertiary/aromatic N) is 1. The van der Waals surface area contributed by atoms with Crippen LogP contribution in [0.3, 0.4) is 0 Å². The molecule has 3 heteroatoms. The fourth-order valence-electron chi connectivity index (χ4n) is 3.85. The van der Waals surface area contributed by atoms with E-state index in [-0.39, 0.29) is 17.0 Å². The molecule has 1 aliphatic heterocycles. The molecule has 0 aliphatic carbocycles. The van der Waals surface area contributed by atoms with Crippen LogP contribution in [0, 0.1) is 5.92 Å². The van der Waals surface area contributed by atoms with Crippen molar-refractivity contribution in [2.24, 2.45) is 5.92 Å². The van der Waals surface area contributed by atoms with Gasteiger partial charge in [-0.05, 0) is 54.0 Å². The van der Waals surface area contributed by atoms with Gasteiger partial charge in [-0.2, -0.15) is 0 Å². The van der Waals surface area contributed by atoms with Gasteiger partial charge in [0.25, 0.3) is 0 Å². The molecule has 1 heterocycles. The minimum Gasteiger partial charge on any atom is -0.497 e. The van der Waals surface area contributed by atoms with Crippen LogP contribution < -0.4 is 4.74 Å². The van der Waals surface area contributed by atoms with Crippen LogP contribution in [0.15, 0.2) is 54.6 Å². The van der Waals surface area contributed by atoms with Crippen molar-refractivity contribution in [1.29, 1.82) is 0 Å². The third kappa shape index (κ3) is 4.65. The Labute approximate surface area is 163 Å². The summed E-state index contributed by atoms with van der Waals surface area (Å²) < 4.78 is 5.23. The molecule has 0 radical (unpaired) electrons. The molecule has 0 bridgehead atoms. The summed E-state index contributed by atoms with van der Waals surface area (Å²) in [6, 6.07) is 19.5. The Bertz CT molecular complexity index is 643. The molecule has 0 N–H and O–H groups in total. The maximum absolute atomic E-state index is 5.23. The first-order valence-corrected chi connectivity index (χ1v) is 9.02. The Hall–Kier alpha value is -1.32. The lowest BCUT2D eigenvalue weighted by atomic mass is 9.68. The molecule has 2 aromatic rings. The minimum absolute atomic E-state index is 0. The van der Waals surface area contributed by atoms with Crippen LogP contribution in [0.4, 0.5) is 0 Å². The SMILES string of the molecule is Br.COc1ccc(CCN2CC[C@](C)(c3ccccc3)[C@@H](C)C2)cc1. The molecule has 0 amide bonds. The zero-order valence-electron chi connectivity index (χ0n) is 15.6. The average Bonchev–Trinajstić information content (AvgIpc) is 2.64. The van der Waals surface area contributed by atoms with Crippen LogP contribution >= 0.6 is 17.0 Å². The summed E-state index contributed by atoms with van der Waals surface area (Å²) in [7, 11) is 1.72. The van der Waals surface area contributed by atoms with Gasteiger partial charge in [-0.15, -0.1) is 17.0 Å². The van der Waals surface area contributed by atoms with Crippen LogP contribution in [0.1, 0.15) is 31.4 Å². The summed E-state index contributed by atoms with van der Waals surface area (Å²) in [6.07, 6.45) is 2.35. The first-order valence-electron chi connectivity index (χ1n) is 9.02. The fourth-order valence-corrected chi connectivity index (χ4v) is 3.85. The van der Waals surface area contributed by atoms with E-state index in [0.717, 1.165) is 18.7 Å². The number of halogens is 1. The number of hydrogen-bond acceptors (Lipinski definition) is 2. The van der Waals surface area contributed by atoms with Crippen LogP contribution in [-0.2, 0) is 11.8 Å². The summed E-state index contributed by atoms with van der Waals surface area (Å²) in [5.41, 5.74) is 3.19. The van der Waals surface area contributed by atoms with Crippen molar-refractivity contribution >= 4 is 17.0 Å². The quantitative estimate of drug-likeness (QED) is 0.686. The second-order valence-electron chi connectivity index (χ2n) is 7.33. The van der Waals surface area contributed by atoms with Crippen molar-refractivity contribution in [2.75, 3.05) is 26.7 Å². The molecule has 0 aromatic heterocycles. The standard InChI is InChI=1S/C22H29NO.BrH/c1-18-17-23(15-13-19-9-11-21(24-3)12-10-19)16-14-22(18,2)20-7-5-4-6-8-20;/h4-12,18H,13-17H2,1-3H3;1H/t18-,22-;/m0./s1. The number of methoxy groups -OCH3 is 1. The first kappa shape index (κ1) is 20.0. The second kappa shape index (κ2) is 8.86. The smallest absolute Gasteiger partial charge is 0.118 e. The van der Waals surface area contributed by atoms with Crippen molar-refractivity contribution in [3.63, 3.8) is 0 Å². The average molecular weight is 404 g/mol. The van der Waals surface area contributed by atoms with Gasteiger partial charge in [0.2, 0.25) is 0 Å². The van der Waals surface area contributed by atoms with E-state index in [1.165, 1.54) is 30.6 Å². The number of hydrogen-bond donors (Lipinski definition) is 0. The van der Waals surface area contributed by atoms with E-state index >= 15 is 0 Å². The lowest BCUT2D eigenvalue weighted by Crippen LogP contribution is -2.47. The third-order valence-corrected chi connectivity index (χ3v) is 5.88. The van der Waals surface area contributed by atoms with E-state index in [1.54, 1.807) is 7.11 Å². The predicted octanol–water partition coefficient (Wildman–Crippen LogP) is 5.12. The molecule has 2 atom stereocenters. The van der Waals surface area contributed by atoms with Crippen molar-refractivity contribution in [3.8, 4) is 5.75 Å². The summed E-state index contributed by atoms with van der Waals surface area (Å²) in [5.74, 6) is 1.61. The lowest BCUT2D eigenvalue weighted by Gasteiger charge is -2.45. The molecule has 1 saturated heterocycles. The summed E-state index contributed by atoms with van der Waals surface area (Å²) in [6.45, 7) is 8.36. The number of benzene rings is 2. The monoisotopic (exact) mass is 403 g/mol.